The summed E-state index contributed by atoms with van der Waals surface area (Å²) in [5.41, 5.74) is -0.111. The second-order valence-corrected chi connectivity index (χ2v) is 2.54. The molecule has 1 heterocycles. The summed E-state index contributed by atoms with van der Waals surface area (Å²) in [6.45, 7) is 1.05. The molecule has 1 rings (SSSR count). The number of rotatable bonds is 2. The first kappa shape index (κ1) is 14.3. The van der Waals surface area contributed by atoms with Gasteiger partial charge in [0.15, 0.2) is 11.4 Å². The zero-order chi connectivity index (χ0) is 10.7. The number of carbonyl (C=O) groups is 1. The molecule has 0 amide bonds. The number of nitriles is 2. The topological polar surface area (TPSA) is 106 Å². The van der Waals surface area contributed by atoms with Gasteiger partial charge in [0, 0.05) is 0 Å². The Labute approximate surface area is 129 Å². The zero-order valence-corrected chi connectivity index (χ0v) is 11.4. The molecule has 15 heavy (non-hydrogen) atoms. The first-order valence-corrected chi connectivity index (χ1v) is 3.67. The predicted octanol–water partition coefficient (Wildman–Crippen LogP) is -4.31. The van der Waals surface area contributed by atoms with Crippen molar-refractivity contribution in [3.05, 3.63) is 17.2 Å². The number of aliphatic carboxylic acids is 1. The Bertz CT molecular complexity index is 466. The second kappa shape index (κ2) is 6.01. The van der Waals surface area contributed by atoms with E-state index in [0.717, 1.165) is 4.57 Å². The molecule has 0 N–H and O–H groups in total. The van der Waals surface area contributed by atoms with Crippen LogP contribution in [-0.2, 0) is 11.3 Å². The molecule has 1 aromatic rings. The van der Waals surface area contributed by atoms with Crippen LogP contribution in [0.4, 0.5) is 0 Å². The minimum absolute atomic E-state index is 0. The first-order chi connectivity index (χ1) is 6.60. The van der Waals surface area contributed by atoms with Gasteiger partial charge in [0.1, 0.15) is 18.0 Å². The van der Waals surface area contributed by atoms with Crippen molar-refractivity contribution < 1.29 is 61.3 Å². The van der Waals surface area contributed by atoms with Gasteiger partial charge in [0.25, 0.3) is 0 Å². The summed E-state index contributed by atoms with van der Waals surface area (Å²) in [5, 5.41) is 27.6. The summed E-state index contributed by atoms with van der Waals surface area (Å²) in [4.78, 5) is 14.1. The molecule has 7 heteroatoms. The van der Waals surface area contributed by atoms with Crippen molar-refractivity contribution in [1.29, 1.82) is 10.5 Å². The average molecular weight is 228 g/mol. The van der Waals surface area contributed by atoms with E-state index in [0.29, 0.717) is 5.82 Å². The van der Waals surface area contributed by atoms with Crippen molar-refractivity contribution in [2.24, 2.45) is 0 Å². The van der Waals surface area contributed by atoms with Crippen molar-refractivity contribution in [3.8, 4) is 12.1 Å². The van der Waals surface area contributed by atoms with Crippen molar-refractivity contribution in [3.63, 3.8) is 0 Å². The van der Waals surface area contributed by atoms with Crippen LogP contribution in [0.25, 0.3) is 0 Å². The molecule has 0 aliphatic heterocycles. The van der Waals surface area contributed by atoms with Gasteiger partial charge in [-0.2, -0.15) is 10.5 Å². The minimum atomic E-state index is -1.33. The van der Waals surface area contributed by atoms with E-state index in [9.17, 15) is 9.90 Å². The number of carboxylic acids is 1. The van der Waals surface area contributed by atoms with Gasteiger partial charge in [0.2, 0.25) is 0 Å². The van der Waals surface area contributed by atoms with Crippen molar-refractivity contribution in [2.75, 3.05) is 0 Å². The summed E-state index contributed by atoms with van der Waals surface area (Å²) in [7, 11) is 0. The van der Waals surface area contributed by atoms with Crippen LogP contribution in [0.3, 0.4) is 0 Å². The number of hydrogen-bond donors (Lipinski definition) is 0. The Kier molecular flexibility index (Phi) is 5.72. The number of nitrogens with zero attached hydrogens (tertiary/aromatic N) is 4. The normalized spacial score (nSPS) is 8.47. The third-order valence-corrected chi connectivity index (χ3v) is 1.66. The van der Waals surface area contributed by atoms with Crippen LogP contribution in [0.5, 0.6) is 0 Å². The van der Waals surface area contributed by atoms with Crippen LogP contribution < -0.4 is 56.5 Å². The third-order valence-electron chi connectivity index (χ3n) is 1.66. The Morgan fingerprint density at radius 2 is 2.13 bits per heavy atom. The van der Waals surface area contributed by atoms with Crippen molar-refractivity contribution in [2.45, 2.75) is 13.5 Å². The van der Waals surface area contributed by atoms with Crippen LogP contribution in [0.2, 0.25) is 0 Å². The first-order valence-electron chi connectivity index (χ1n) is 3.67. The second-order valence-electron chi connectivity index (χ2n) is 2.54. The summed E-state index contributed by atoms with van der Waals surface area (Å²) in [6, 6.07) is 3.44. The summed E-state index contributed by atoms with van der Waals surface area (Å²) < 4.78 is 1.13. The number of carboxylic acid groups (broad SMARTS) is 1. The molecule has 0 fully saturated rings. The van der Waals surface area contributed by atoms with Crippen LogP contribution in [0.15, 0.2) is 0 Å². The molecule has 0 bridgehead atoms. The van der Waals surface area contributed by atoms with E-state index >= 15 is 0 Å². The van der Waals surface area contributed by atoms with Gasteiger partial charge in [-0.05, 0) is 6.92 Å². The molecule has 70 valence electrons. The third kappa shape index (κ3) is 3.13. The van der Waals surface area contributed by atoms with Gasteiger partial charge in [0.05, 0.1) is 12.5 Å². The van der Waals surface area contributed by atoms with Gasteiger partial charge in [-0.25, -0.2) is 4.98 Å². The maximum absolute atomic E-state index is 10.3. The standard InChI is InChI=1S/C8H6N4O2.K/c1-5-11-6(2-9)7(3-10)12(5)4-8(13)14;/h4H2,1H3,(H,13,14);/q;+1/p-1. The quantitative estimate of drug-likeness (QED) is 0.476. The van der Waals surface area contributed by atoms with Crippen molar-refractivity contribution in [1.82, 2.24) is 9.55 Å². The Hall–Kier alpha value is -0.704. The molecular weight excluding hydrogens is 223 g/mol. The number of carbonyl (C=O) groups excluding carboxylic acids is 1. The SMILES string of the molecule is Cc1nc(C#N)c(C#N)n1CC(=O)[O-].[K+]. The van der Waals surface area contributed by atoms with E-state index in [4.69, 9.17) is 10.5 Å². The monoisotopic (exact) mass is 228 g/mol. The molecule has 0 saturated heterocycles. The number of aromatic nitrogens is 2. The fraction of sp³-hybridized carbons (Fsp3) is 0.250. The molecule has 0 radical (unpaired) electrons. The van der Waals surface area contributed by atoms with Crippen LogP contribution in [-0.4, -0.2) is 15.5 Å². The van der Waals surface area contributed by atoms with Gasteiger partial charge < -0.3 is 14.5 Å². The maximum Gasteiger partial charge on any atom is 1.00 e. The maximum atomic E-state index is 10.3. The van der Waals surface area contributed by atoms with E-state index in [-0.39, 0.29) is 62.8 Å². The van der Waals surface area contributed by atoms with E-state index in [1.54, 1.807) is 12.1 Å². The number of hydrogen-bond acceptors (Lipinski definition) is 5. The average Bonchev–Trinajstić information content (AvgIpc) is 2.42. The number of aryl methyl sites for hydroxylation is 1. The summed E-state index contributed by atoms with van der Waals surface area (Å²) in [5.74, 6) is -1.02. The largest absolute Gasteiger partial charge is 1.00 e. The fourth-order valence-corrected chi connectivity index (χ4v) is 1.08. The van der Waals surface area contributed by atoms with Gasteiger partial charge in [-0.1, -0.05) is 0 Å². The van der Waals surface area contributed by atoms with E-state index in [1.807, 2.05) is 0 Å². The summed E-state index contributed by atoms with van der Waals surface area (Å²) in [6.07, 6.45) is 0. The Morgan fingerprint density at radius 1 is 1.53 bits per heavy atom. The Morgan fingerprint density at radius 3 is 2.53 bits per heavy atom. The van der Waals surface area contributed by atoms with E-state index < -0.39 is 12.5 Å². The zero-order valence-electron chi connectivity index (χ0n) is 8.31. The van der Waals surface area contributed by atoms with E-state index in [1.165, 1.54) is 6.92 Å². The smallest absolute Gasteiger partial charge is 0.548 e. The van der Waals surface area contributed by atoms with Gasteiger partial charge in [-0.15, -0.1) is 0 Å². The predicted molar refractivity (Wildman–Crippen MR) is 41.4 cm³/mol. The minimum Gasteiger partial charge on any atom is -0.548 e. The van der Waals surface area contributed by atoms with Crippen LogP contribution in [0.1, 0.15) is 17.2 Å². The number of imidazole rings is 1. The summed E-state index contributed by atoms with van der Waals surface area (Å²) >= 11 is 0. The molecule has 0 saturated carbocycles. The molecular formula is C8H5KN4O2. The van der Waals surface area contributed by atoms with E-state index in [2.05, 4.69) is 4.98 Å². The molecule has 0 aliphatic rings. The Balaban J connectivity index is 0.00000196. The molecule has 0 spiro atoms. The molecule has 0 aromatic carbocycles. The molecule has 6 nitrogen and oxygen atoms in total. The molecule has 0 atom stereocenters. The van der Waals surface area contributed by atoms with Gasteiger partial charge in [-0.3, -0.25) is 0 Å². The molecule has 1 aromatic heterocycles. The molecule has 0 unspecified atom stereocenters. The molecule has 0 aliphatic carbocycles. The fourth-order valence-electron chi connectivity index (χ4n) is 1.08. The van der Waals surface area contributed by atoms with Crippen LogP contribution in [0, 0.1) is 29.6 Å². The van der Waals surface area contributed by atoms with Gasteiger partial charge >= 0.3 is 51.4 Å². The van der Waals surface area contributed by atoms with Crippen molar-refractivity contribution >= 4 is 5.97 Å². The van der Waals surface area contributed by atoms with Crippen LogP contribution >= 0.6 is 0 Å².